The third-order valence-corrected chi connectivity index (χ3v) is 5.87. The Morgan fingerprint density at radius 2 is 1.85 bits per heavy atom. The highest BCUT2D eigenvalue weighted by Gasteiger charge is 2.28. The van der Waals surface area contributed by atoms with Crippen molar-refractivity contribution in [3.05, 3.63) is 63.7 Å². The largest absolute Gasteiger partial charge is 0.370 e. The molecule has 5 rings (SSSR count). The zero-order chi connectivity index (χ0) is 24.1. The van der Waals surface area contributed by atoms with Crippen LogP contribution in [0.15, 0.2) is 29.3 Å². The van der Waals surface area contributed by atoms with Gasteiger partial charge < -0.3 is 9.64 Å². The standard InChI is InChI=1S/C22H20F3N7O2/c1-11-27-19-18(13-4-5-14(23)17(25)16(13)24)28-22(29-20(19)21(33)31(11)3)32-6-7-34-15(10-32)12-8-26-30(2)9-12/h4-5,8-9,15H,6-7,10H2,1-3H3. The van der Waals surface area contributed by atoms with E-state index >= 15 is 0 Å². The second-order valence-corrected chi connectivity index (χ2v) is 8.07. The van der Waals surface area contributed by atoms with Gasteiger partial charge in [-0.15, -0.1) is 0 Å². The van der Waals surface area contributed by atoms with E-state index in [0.717, 1.165) is 17.7 Å². The van der Waals surface area contributed by atoms with Crippen LogP contribution in [0.1, 0.15) is 17.5 Å². The Hall–Kier alpha value is -3.80. The third-order valence-electron chi connectivity index (χ3n) is 5.87. The lowest BCUT2D eigenvalue weighted by Gasteiger charge is -2.32. The van der Waals surface area contributed by atoms with Crippen LogP contribution >= 0.6 is 0 Å². The maximum absolute atomic E-state index is 14.8. The van der Waals surface area contributed by atoms with E-state index < -0.39 is 23.0 Å². The van der Waals surface area contributed by atoms with E-state index in [4.69, 9.17) is 4.74 Å². The molecule has 176 valence electrons. The van der Waals surface area contributed by atoms with Crippen molar-refractivity contribution >= 4 is 17.0 Å². The number of halogens is 3. The van der Waals surface area contributed by atoms with E-state index in [-0.39, 0.29) is 34.3 Å². The van der Waals surface area contributed by atoms with Gasteiger partial charge in [0.05, 0.1) is 19.3 Å². The molecular formula is C22H20F3N7O2. The smallest absolute Gasteiger partial charge is 0.279 e. The minimum atomic E-state index is -1.63. The van der Waals surface area contributed by atoms with Gasteiger partial charge in [-0.25, -0.2) is 28.1 Å². The molecule has 12 heteroatoms. The van der Waals surface area contributed by atoms with E-state index in [0.29, 0.717) is 25.5 Å². The van der Waals surface area contributed by atoms with Crippen LogP contribution in [0.5, 0.6) is 0 Å². The summed E-state index contributed by atoms with van der Waals surface area (Å²) in [6.45, 7) is 2.69. The summed E-state index contributed by atoms with van der Waals surface area (Å²) >= 11 is 0. The summed E-state index contributed by atoms with van der Waals surface area (Å²) < 4.78 is 51.3. The summed E-state index contributed by atoms with van der Waals surface area (Å²) in [6.07, 6.45) is 3.20. The Kier molecular flexibility index (Phi) is 5.31. The summed E-state index contributed by atoms with van der Waals surface area (Å²) in [5.74, 6) is -3.91. The third kappa shape index (κ3) is 3.59. The first-order valence-electron chi connectivity index (χ1n) is 10.5. The van der Waals surface area contributed by atoms with Gasteiger partial charge in [-0.3, -0.25) is 14.0 Å². The zero-order valence-electron chi connectivity index (χ0n) is 18.6. The van der Waals surface area contributed by atoms with Crippen LogP contribution in [0, 0.1) is 24.4 Å². The molecule has 9 nitrogen and oxygen atoms in total. The first-order chi connectivity index (χ1) is 16.2. The average molecular weight is 471 g/mol. The average Bonchev–Trinajstić information content (AvgIpc) is 3.27. The van der Waals surface area contributed by atoms with Crippen molar-refractivity contribution in [1.82, 2.24) is 29.3 Å². The molecule has 0 N–H and O–H groups in total. The SMILES string of the molecule is Cc1nc2c(-c3ccc(F)c(F)c3F)nc(N3CCOC(c4cnn(C)c4)C3)nc2c(=O)n1C. The molecule has 1 saturated heterocycles. The second-order valence-electron chi connectivity index (χ2n) is 8.07. The number of fused-ring (bicyclic) bond motifs is 1. The molecule has 4 heterocycles. The van der Waals surface area contributed by atoms with Gasteiger partial charge in [-0.05, 0) is 19.1 Å². The van der Waals surface area contributed by atoms with Gasteiger partial charge >= 0.3 is 0 Å². The van der Waals surface area contributed by atoms with Crippen molar-refractivity contribution in [2.45, 2.75) is 13.0 Å². The van der Waals surface area contributed by atoms with E-state index in [1.54, 1.807) is 29.7 Å². The maximum Gasteiger partial charge on any atom is 0.279 e. The fourth-order valence-corrected chi connectivity index (χ4v) is 3.92. The number of morpholine rings is 1. The first kappa shape index (κ1) is 22.0. The number of hydrogen-bond acceptors (Lipinski definition) is 7. The van der Waals surface area contributed by atoms with Crippen LogP contribution < -0.4 is 10.5 Å². The second kappa shape index (κ2) is 8.20. The van der Waals surface area contributed by atoms with Crippen LogP contribution in [0.3, 0.4) is 0 Å². The van der Waals surface area contributed by atoms with Crippen LogP contribution in [-0.4, -0.2) is 49.0 Å². The van der Waals surface area contributed by atoms with Gasteiger partial charge in [0.1, 0.15) is 23.1 Å². The van der Waals surface area contributed by atoms with Crippen LogP contribution in [-0.2, 0) is 18.8 Å². The van der Waals surface area contributed by atoms with Gasteiger partial charge in [-0.1, -0.05) is 0 Å². The molecule has 34 heavy (non-hydrogen) atoms. The molecule has 1 aromatic carbocycles. The lowest BCUT2D eigenvalue weighted by Crippen LogP contribution is -2.39. The number of rotatable bonds is 3. The number of aromatic nitrogens is 6. The Balaban J connectivity index is 1.69. The lowest BCUT2D eigenvalue weighted by molar-refractivity contribution is 0.0392. The van der Waals surface area contributed by atoms with Gasteiger partial charge in [-0.2, -0.15) is 5.10 Å². The van der Waals surface area contributed by atoms with Crippen molar-refractivity contribution in [2.24, 2.45) is 14.1 Å². The minimum absolute atomic E-state index is 0.00586. The Bertz CT molecular complexity index is 1480. The summed E-state index contributed by atoms with van der Waals surface area (Å²) in [4.78, 5) is 28.1. The number of nitrogens with zero attached hydrogens (tertiary/aromatic N) is 7. The topological polar surface area (TPSA) is 91.0 Å². The Labute approximate surface area is 191 Å². The number of hydrogen-bond donors (Lipinski definition) is 0. The van der Waals surface area contributed by atoms with E-state index in [1.807, 2.05) is 6.20 Å². The fraction of sp³-hybridized carbons (Fsp3) is 0.318. The van der Waals surface area contributed by atoms with E-state index in [2.05, 4.69) is 20.1 Å². The zero-order valence-corrected chi connectivity index (χ0v) is 18.6. The quantitative estimate of drug-likeness (QED) is 0.424. The predicted molar refractivity (Wildman–Crippen MR) is 117 cm³/mol. The van der Waals surface area contributed by atoms with Crippen LogP contribution in [0.2, 0.25) is 0 Å². The molecule has 0 radical (unpaired) electrons. The molecule has 0 spiro atoms. The predicted octanol–water partition coefficient (Wildman–Crippen LogP) is 2.43. The highest BCUT2D eigenvalue weighted by Crippen LogP contribution is 2.31. The molecule has 3 aromatic heterocycles. The molecule has 1 aliphatic rings. The summed E-state index contributed by atoms with van der Waals surface area (Å²) in [5.41, 5.74) is -0.0695. The van der Waals surface area contributed by atoms with Crippen LogP contribution in [0.25, 0.3) is 22.3 Å². The molecule has 4 aromatic rings. The number of aryl methyl sites for hydroxylation is 2. The van der Waals surface area contributed by atoms with Gasteiger partial charge in [0.15, 0.2) is 23.0 Å². The number of anilines is 1. The van der Waals surface area contributed by atoms with Crippen molar-refractivity contribution < 1.29 is 17.9 Å². The Morgan fingerprint density at radius 1 is 1.06 bits per heavy atom. The summed E-state index contributed by atoms with van der Waals surface area (Å²) in [5, 5.41) is 4.17. The summed E-state index contributed by atoms with van der Waals surface area (Å²) in [7, 11) is 3.33. The lowest BCUT2D eigenvalue weighted by atomic mass is 10.1. The number of ether oxygens (including phenoxy) is 1. The van der Waals surface area contributed by atoms with Gasteiger partial charge in [0.2, 0.25) is 5.95 Å². The van der Waals surface area contributed by atoms with E-state index in [1.165, 1.54) is 11.6 Å². The highest BCUT2D eigenvalue weighted by atomic mass is 19.2. The molecule has 0 bridgehead atoms. The maximum atomic E-state index is 14.8. The van der Waals surface area contributed by atoms with Crippen molar-refractivity contribution in [2.75, 3.05) is 24.6 Å². The molecule has 0 amide bonds. The van der Waals surface area contributed by atoms with Gasteiger partial charge in [0.25, 0.3) is 5.56 Å². The summed E-state index contributed by atoms with van der Waals surface area (Å²) in [6, 6.07) is 1.88. The highest BCUT2D eigenvalue weighted by molar-refractivity contribution is 5.89. The molecule has 1 aliphatic heterocycles. The van der Waals surface area contributed by atoms with E-state index in [9.17, 15) is 18.0 Å². The monoisotopic (exact) mass is 471 g/mol. The normalized spacial score (nSPS) is 16.4. The molecule has 1 fully saturated rings. The van der Waals surface area contributed by atoms with Crippen molar-refractivity contribution in [3.8, 4) is 11.3 Å². The molecule has 1 atom stereocenters. The van der Waals surface area contributed by atoms with Crippen molar-refractivity contribution in [1.29, 1.82) is 0 Å². The molecule has 1 unspecified atom stereocenters. The van der Waals surface area contributed by atoms with Crippen molar-refractivity contribution in [3.63, 3.8) is 0 Å². The first-order valence-corrected chi connectivity index (χ1v) is 10.5. The number of benzene rings is 1. The molecular weight excluding hydrogens is 451 g/mol. The van der Waals surface area contributed by atoms with Gasteiger partial charge in [0, 0.05) is 38.0 Å². The minimum Gasteiger partial charge on any atom is -0.370 e. The Morgan fingerprint density at radius 3 is 2.59 bits per heavy atom. The fourth-order valence-electron chi connectivity index (χ4n) is 3.92. The van der Waals surface area contributed by atoms with Crippen LogP contribution in [0.4, 0.5) is 19.1 Å². The molecule has 0 aliphatic carbocycles. The molecule has 0 saturated carbocycles.